The van der Waals surface area contributed by atoms with Crippen LogP contribution in [-0.2, 0) is 41.0 Å². The molecule has 10 rings (SSSR count). The largest absolute Gasteiger partial charge is 0.256 e. The second-order valence-electron chi connectivity index (χ2n) is 21.8. The Kier molecular flexibility index (Phi) is 21.0. The standard InChI is InChI=1S/C17H22N.C16H20N.C15H18N.C14H16N.C13H13N/c1-13(2)11-15-8-9-16(14(3)12-15)17-7-5-6-10-18(17)4;1-12(2)14-8-9-15(13(3)11-14)16-7-5-6-10-17(16)4;1-4-13-8-9-14(12(2)11-13)15-7-5-6-10-16(15)3;1-11-7-8-13(12(2)10-11)14-6-4-5-9-15(14)3;1-10-6-7-12(11(2)9-10)13-5-3-4-8-14-13/h5-10,12-13H,11H2,1-4H3;5-12H,1-4H3;5-11H,4H2,1-3H3;4-10H,1-3H3;3-9H,1-2H3/q4*+1;/i;;;;1D3. The first-order valence-electron chi connectivity index (χ1n) is 29.8. The highest BCUT2D eigenvalue weighted by atomic mass is 14.9. The Hall–Kier alpha value is -8.15. The van der Waals surface area contributed by atoms with Crippen LogP contribution in [0.1, 0.15) is 100 Å². The summed E-state index contributed by atoms with van der Waals surface area (Å²) < 4.78 is 30.7. The second-order valence-corrected chi connectivity index (χ2v) is 21.8. The lowest BCUT2D eigenvalue weighted by atomic mass is 9.96. The maximum atomic E-state index is 7.36. The lowest BCUT2D eigenvalue weighted by molar-refractivity contribution is -0.660. The molecule has 0 radical (unpaired) electrons. The fraction of sp³-hybridized carbons (Fsp3) is 0.267. The highest BCUT2D eigenvalue weighted by molar-refractivity contribution is 5.65. The normalized spacial score (nSPS) is 11.3. The molecule has 0 aliphatic heterocycles. The molecule has 410 valence electrons. The number of nitrogens with zero attached hydrogens (tertiary/aromatic N) is 5. The van der Waals surface area contributed by atoms with Crippen LogP contribution in [0.25, 0.3) is 56.3 Å². The predicted molar refractivity (Wildman–Crippen MR) is 337 cm³/mol. The van der Waals surface area contributed by atoms with E-state index in [4.69, 9.17) is 4.11 Å². The van der Waals surface area contributed by atoms with Crippen molar-refractivity contribution in [3.63, 3.8) is 0 Å². The lowest BCUT2D eigenvalue weighted by Gasteiger charge is -2.09. The maximum absolute atomic E-state index is 7.36. The molecule has 10 aromatic rings. The number of pyridine rings is 5. The summed E-state index contributed by atoms with van der Waals surface area (Å²) in [7, 11) is 8.35. The molecule has 0 aliphatic carbocycles. The fourth-order valence-corrected chi connectivity index (χ4v) is 9.96. The van der Waals surface area contributed by atoms with Crippen LogP contribution in [0.15, 0.2) is 213 Å². The minimum absolute atomic E-state index is 0.370. The Morgan fingerprint density at radius 2 is 0.787 bits per heavy atom. The van der Waals surface area contributed by atoms with Crippen molar-refractivity contribution in [1.29, 1.82) is 0 Å². The minimum atomic E-state index is -2.05. The zero-order chi connectivity index (χ0) is 60.4. The van der Waals surface area contributed by atoms with E-state index in [1.54, 1.807) is 18.3 Å². The van der Waals surface area contributed by atoms with Gasteiger partial charge in [0.2, 0.25) is 22.8 Å². The molecule has 0 unspecified atom stereocenters. The van der Waals surface area contributed by atoms with E-state index in [9.17, 15) is 0 Å². The highest BCUT2D eigenvalue weighted by Crippen LogP contribution is 2.27. The van der Waals surface area contributed by atoms with Crippen LogP contribution in [-0.4, -0.2) is 4.98 Å². The van der Waals surface area contributed by atoms with E-state index >= 15 is 0 Å². The van der Waals surface area contributed by atoms with Gasteiger partial charge in [0.25, 0.3) is 0 Å². The second kappa shape index (κ2) is 29.7. The van der Waals surface area contributed by atoms with E-state index in [2.05, 4.69) is 285 Å². The Balaban J connectivity index is 0.000000167. The molecule has 5 heteroatoms. The molecule has 0 N–H and O–H groups in total. The summed E-state index contributed by atoms with van der Waals surface area (Å²) in [6.45, 7) is 21.9. The van der Waals surface area contributed by atoms with Crippen LogP contribution < -0.4 is 18.3 Å². The zero-order valence-corrected chi connectivity index (χ0v) is 50.5. The average molecular weight is 1060 g/mol. The van der Waals surface area contributed by atoms with Crippen molar-refractivity contribution in [2.24, 2.45) is 34.1 Å². The topological polar surface area (TPSA) is 28.4 Å². The Morgan fingerprint density at radius 3 is 1.18 bits per heavy atom. The number of aromatic nitrogens is 5. The van der Waals surface area contributed by atoms with Crippen molar-refractivity contribution >= 4 is 0 Å². The number of benzene rings is 5. The van der Waals surface area contributed by atoms with E-state index in [1.807, 2.05) is 37.3 Å². The Bertz CT molecular complexity index is 3710. The zero-order valence-electron chi connectivity index (χ0n) is 53.5. The van der Waals surface area contributed by atoms with Gasteiger partial charge in [-0.05, 0) is 178 Å². The third-order valence-corrected chi connectivity index (χ3v) is 14.4. The number of hydrogen-bond acceptors (Lipinski definition) is 1. The molecular formula is C75H89N5+4. The quantitative estimate of drug-likeness (QED) is 0.132. The summed E-state index contributed by atoms with van der Waals surface area (Å²) in [5.41, 5.74) is 24.4. The first kappa shape index (κ1) is 56.6. The highest BCUT2D eigenvalue weighted by Gasteiger charge is 2.15. The van der Waals surface area contributed by atoms with Gasteiger partial charge in [0.05, 0.1) is 5.69 Å². The number of hydrogen-bond donors (Lipinski definition) is 0. The molecule has 0 amide bonds. The SMILES string of the molecule is CCc1ccc(-c2cccc[n+]2C)c(C)c1.Cc1cc(C(C)C)ccc1-c1cccc[n+]1C.Cc1cc(CC(C)C)ccc1-c1cccc[n+]1C.Cc1ccc(-c2cccc[n+]2C)c(C)c1.[2H]C([2H])([2H])c1ccc(-c2ccccn2)c(C)c1. The van der Waals surface area contributed by atoms with Gasteiger partial charge in [-0.1, -0.05) is 119 Å². The first-order valence-corrected chi connectivity index (χ1v) is 28.3. The van der Waals surface area contributed by atoms with Crippen molar-refractivity contribution in [3.05, 3.63) is 269 Å². The molecule has 5 heterocycles. The van der Waals surface area contributed by atoms with Gasteiger partial charge in [-0.2, -0.15) is 0 Å². The van der Waals surface area contributed by atoms with E-state index in [1.165, 1.54) is 89.5 Å². The molecular weight excluding hydrogens is 971 g/mol. The van der Waals surface area contributed by atoms with Gasteiger partial charge in [-0.15, -0.1) is 0 Å². The Labute approximate surface area is 485 Å². The van der Waals surface area contributed by atoms with Gasteiger partial charge in [0, 0.05) is 86.7 Å². The van der Waals surface area contributed by atoms with Crippen LogP contribution in [0.3, 0.4) is 0 Å². The summed E-state index contributed by atoms with van der Waals surface area (Å²) in [5, 5.41) is 0. The minimum Gasteiger partial charge on any atom is -0.256 e. The fourth-order valence-electron chi connectivity index (χ4n) is 9.96. The van der Waals surface area contributed by atoms with Gasteiger partial charge in [-0.25, -0.2) is 18.3 Å². The lowest BCUT2D eigenvalue weighted by Crippen LogP contribution is -2.30. The summed E-state index contributed by atoms with van der Waals surface area (Å²) >= 11 is 0. The van der Waals surface area contributed by atoms with Crippen LogP contribution in [0.4, 0.5) is 0 Å². The third kappa shape index (κ3) is 17.2. The van der Waals surface area contributed by atoms with Gasteiger partial charge >= 0.3 is 0 Å². The van der Waals surface area contributed by atoms with Crippen LogP contribution >= 0.6 is 0 Å². The van der Waals surface area contributed by atoms with Crippen molar-refractivity contribution in [1.82, 2.24) is 4.98 Å². The van der Waals surface area contributed by atoms with Crippen LogP contribution in [0, 0.1) is 54.3 Å². The van der Waals surface area contributed by atoms with Gasteiger partial charge in [0.1, 0.15) is 28.2 Å². The molecule has 80 heavy (non-hydrogen) atoms. The molecule has 0 atom stereocenters. The summed E-state index contributed by atoms with van der Waals surface area (Å²) in [6.07, 6.45) is 12.3. The molecule has 0 saturated heterocycles. The molecule has 5 aromatic carbocycles. The Morgan fingerprint density at radius 1 is 0.400 bits per heavy atom. The number of rotatable bonds is 9. The monoisotopic (exact) mass is 1060 g/mol. The van der Waals surface area contributed by atoms with Crippen molar-refractivity contribution in [2.75, 3.05) is 0 Å². The van der Waals surface area contributed by atoms with Crippen LogP contribution in [0.2, 0.25) is 0 Å². The van der Waals surface area contributed by atoms with E-state index in [-0.39, 0.29) is 0 Å². The summed E-state index contributed by atoms with van der Waals surface area (Å²) in [4.78, 5) is 4.26. The van der Waals surface area contributed by atoms with E-state index in [0.29, 0.717) is 17.4 Å². The van der Waals surface area contributed by atoms with E-state index in [0.717, 1.165) is 29.7 Å². The molecule has 5 aromatic heterocycles. The van der Waals surface area contributed by atoms with Gasteiger partial charge in [-0.3, -0.25) is 4.98 Å². The smallest absolute Gasteiger partial charge is 0.212 e. The van der Waals surface area contributed by atoms with Gasteiger partial charge < -0.3 is 0 Å². The third-order valence-electron chi connectivity index (χ3n) is 14.4. The van der Waals surface area contributed by atoms with Crippen molar-refractivity contribution in [2.45, 2.75) is 102 Å². The number of aryl methyl sites for hydroxylation is 12. The summed E-state index contributed by atoms with van der Waals surface area (Å²) in [5.74, 6) is 1.30. The van der Waals surface area contributed by atoms with E-state index < -0.39 is 6.85 Å². The average Bonchev–Trinajstić information content (AvgIpc) is 3.56. The molecule has 0 spiro atoms. The summed E-state index contributed by atoms with van der Waals surface area (Å²) in [6, 6.07) is 63.0. The van der Waals surface area contributed by atoms with Crippen molar-refractivity contribution in [3.8, 4) is 56.3 Å². The molecule has 0 saturated carbocycles. The molecule has 0 bridgehead atoms. The van der Waals surface area contributed by atoms with Crippen LogP contribution in [0.5, 0.6) is 0 Å². The maximum Gasteiger partial charge on any atom is 0.212 e. The first-order chi connectivity index (χ1) is 39.6. The van der Waals surface area contributed by atoms with Gasteiger partial charge in [0.15, 0.2) is 24.8 Å². The molecule has 5 nitrogen and oxygen atoms in total. The predicted octanol–water partition coefficient (Wildman–Crippen LogP) is 16.5. The molecule has 0 aliphatic rings. The molecule has 0 fully saturated rings. The van der Waals surface area contributed by atoms with Crippen molar-refractivity contribution < 1.29 is 22.4 Å².